The van der Waals surface area contributed by atoms with E-state index < -0.39 is 0 Å². The number of ether oxygens (including phenoxy) is 2. The molecule has 1 amide bonds. The first kappa shape index (κ1) is 23.8. The molecule has 0 unspecified atom stereocenters. The van der Waals surface area contributed by atoms with Gasteiger partial charge in [-0.1, -0.05) is 12.1 Å². The Bertz CT molecular complexity index is 1370. The molecule has 0 aliphatic carbocycles. The van der Waals surface area contributed by atoms with Gasteiger partial charge in [-0.25, -0.2) is 4.98 Å². The van der Waals surface area contributed by atoms with Crippen LogP contribution in [0, 0.1) is 0 Å². The average Bonchev–Trinajstić information content (AvgIpc) is 3.22. The van der Waals surface area contributed by atoms with Crippen molar-refractivity contribution in [1.29, 1.82) is 0 Å². The number of pyridine rings is 1. The Morgan fingerprint density at radius 3 is 2.78 bits per heavy atom. The summed E-state index contributed by atoms with van der Waals surface area (Å²) in [6.45, 7) is 4.67. The van der Waals surface area contributed by atoms with Crippen LogP contribution in [0.25, 0.3) is 11.0 Å². The molecule has 190 valence electrons. The number of benzene rings is 2. The Hall–Kier alpha value is -3.95. The van der Waals surface area contributed by atoms with Crippen LogP contribution in [0.4, 0.5) is 11.6 Å². The lowest BCUT2D eigenvalue weighted by Gasteiger charge is -2.26. The molecular weight excluding hydrogens is 456 g/mol. The number of aromatic nitrogens is 3. The molecule has 2 aromatic heterocycles. The summed E-state index contributed by atoms with van der Waals surface area (Å²) in [5, 5.41) is 6.03. The summed E-state index contributed by atoms with van der Waals surface area (Å²) < 4.78 is 13.4. The normalized spacial score (nSPS) is 14.1. The maximum atomic E-state index is 11.9. The van der Waals surface area contributed by atoms with Crippen molar-refractivity contribution >= 4 is 28.6 Å². The first-order chi connectivity index (χ1) is 17.6. The van der Waals surface area contributed by atoms with Gasteiger partial charge in [0.15, 0.2) is 0 Å². The zero-order valence-electron chi connectivity index (χ0n) is 20.5. The minimum atomic E-state index is -0.262. The maximum Gasteiger partial charge on any atom is 0.269 e. The molecule has 0 radical (unpaired) electrons. The monoisotopic (exact) mass is 490 g/mol. The van der Waals surface area contributed by atoms with Crippen LogP contribution in [0.1, 0.15) is 18.9 Å². The first-order valence-corrected chi connectivity index (χ1v) is 12.1. The fraction of sp³-hybridized carbons (Fsp3) is 0.296. The number of imidazole rings is 1. The number of morpholine rings is 1. The first-order valence-electron chi connectivity index (χ1n) is 12.1. The Balaban J connectivity index is 0.00000200. The molecule has 0 atom stereocenters. The van der Waals surface area contributed by atoms with E-state index in [1.807, 2.05) is 29.8 Å². The van der Waals surface area contributed by atoms with Crippen molar-refractivity contribution in [2.45, 2.75) is 6.42 Å². The number of carbonyl (C=O) groups is 1. The average molecular weight is 491 g/mol. The number of aryl methyl sites for hydroxylation is 1. The molecule has 0 spiro atoms. The van der Waals surface area contributed by atoms with E-state index in [0.29, 0.717) is 17.2 Å². The number of amides is 1. The van der Waals surface area contributed by atoms with E-state index in [-0.39, 0.29) is 8.76 Å². The van der Waals surface area contributed by atoms with Crippen molar-refractivity contribution in [2.75, 3.05) is 45.2 Å². The number of nitrogens with zero attached hydrogens (tertiary/aromatic N) is 4. The smallest absolute Gasteiger partial charge is 0.269 e. The molecule has 1 saturated heterocycles. The standard InChI is InChI=1S/C27H30N6O3.2H2/c1-28-26(34)24-18-22(8-10-29-24)36-21-6-7-25-23(17-21)31-27(32(25)2)30-20-5-3-4-19(16-20)9-11-33-12-14-35-15-13-33;;/h3-8,10,16-18H,9,11-15H2,1-2H3,(H,28,34)(H,30,31);2*1H. The van der Waals surface area contributed by atoms with E-state index in [4.69, 9.17) is 14.5 Å². The Labute approximate surface area is 213 Å². The summed E-state index contributed by atoms with van der Waals surface area (Å²) >= 11 is 0. The summed E-state index contributed by atoms with van der Waals surface area (Å²) in [6.07, 6.45) is 2.55. The number of hydrogen-bond acceptors (Lipinski definition) is 7. The van der Waals surface area contributed by atoms with Crippen molar-refractivity contribution in [2.24, 2.45) is 7.05 Å². The second-order valence-corrected chi connectivity index (χ2v) is 8.73. The molecule has 0 saturated carbocycles. The van der Waals surface area contributed by atoms with Crippen molar-refractivity contribution in [3.63, 3.8) is 0 Å². The van der Waals surface area contributed by atoms with Crippen molar-refractivity contribution in [3.05, 3.63) is 72.1 Å². The largest absolute Gasteiger partial charge is 0.457 e. The van der Waals surface area contributed by atoms with Gasteiger partial charge in [-0.05, 0) is 42.3 Å². The van der Waals surface area contributed by atoms with Gasteiger partial charge in [-0.3, -0.25) is 14.7 Å². The van der Waals surface area contributed by atoms with Gasteiger partial charge in [0.2, 0.25) is 5.95 Å². The number of rotatable bonds is 8. The molecular formula is C27H34N6O3. The lowest BCUT2D eigenvalue weighted by atomic mass is 10.1. The van der Waals surface area contributed by atoms with Crippen LogP contribution in [0.15, 0.2) is 60.8 Å². The number of anilines is 2. The Morgan fingerprint density at radius 2 is 1.94 bits per heavy atom. The molecule has 9 nitrogen and oxygen atoms in total. The van der Waals surface area contributed by atoms with Gasteiger partial charge in [0.05, 0.1) is 24.2 Å². The Kier molecular flexibility index (Phi) is 7.11. The highest BCUT2D eigenvalue weighted by molar-refractivity contribution is 5.92. The molecule has 1 aliphatic heterocycles. The van der Waals surface area contributed by atoms with E-state index in [1.165, 1.54) is 5.56 Å². The molecule has 1 aliphatic rings. The minimum absolute atomic E-state index is 0. The van der Waals surface area contributed by atoms with Crippen LogP contribution in [-0.4, -0.2) is 65.2 Å². The van der Waals surface area contributed by atoms with Crippen LogP contribution in [0.2, 0.25) is 0 Å². The highest BCUT2D eigenvalue weighted by Gasteiger charge is 2.13. The van der Waals surface area contributed by atoms with Gasteiger partial charge >= 0.3 is 0 Å². The SMILES string of the molecule is CNC(=O)c1cc(Oc2ccc3c(c2)nc(Nc2cccc(CCN4CCOCC4)c2)n3C)ccn1.[HH].[HH]. The van der Waals surface area contributed by atoms with Gasteiger partial charge in [0.25, 0.3) is 5.91 Å². The number of hydrogen-bond donors (Lipinski definition) is 2. The van der Waals surface area contributed by atoms with Crippen LogP contribution in [-0.2, 0) is 18.2 Å². The van der Waals surface area contributed by atoms with Gasteiger partial charge in [0.1, 0.15) is 17.2 Å². The molecule has 0 bridgehead atoms. The third-order valence-electron chi connectivity index (χ3n) is 6.28. The summed E-state index contributed by atoms with van der Waals surface area (Å²) in [7, 11) is 3.55. The molecule has 9 heteroatoms. The molecule has 2 aromatic carbocycles. The predicted molar refractivity (Wildman–Crippen MR) is 143 cm³/mol. The van der Waals surface area contributed by atoms with Crippen molar-refractivity contribution < 1.29 is 17.1 Å². The molecule has 2 N–H and O–H groups in total. The maximum absolute atomic E-state index is 11.9. The van der Waals surface area contributed by atoms with Crippen LogP contribution >= 0.6 is 0 Å². The minimum Gasteiger partial charge on any atom is -0.457 e. The molecule has 4 aromatic rings. The zero-order chi connectivity index (χ0) is 24.9. The zero-order valence-corrected chi connectivity index (χ0v) is 20.5. The third kappa shape index (κ3) is 5.48. The van der Waals surface area contributed by atoms with Gasteiger partial charge in [0, 0.05) is 60.6 Å². The number of fused-ring (bicyclic) bond motifs is 1. The fourth-order valence-electron chi connectivity index (χ4n) is 4.26. The van der Waals surface area contributed by atoms with Crippen molar-refractivity contribution in [1.82, 2.24) is 24.8 Å². The number of carbonyl (C=O) groups excluding carboxylic acids is 1. The summed E-state index contributed by atoms with van der Waals surface area (Å²) in [4.78, 5) is 23.2. The Morgan fingerprint density at radius 1 is 1.11 bits per heavy atom. The predicted octanol–water partition coefficient (Wildman–Crippen LogP) is 4.23. The quantitative estimate of drug-likeness (QED) is 0.382. The van der Waals surface area contributed by atoms with E-state index in [9.17, 15) is 4.79 Å². The highest BCUT2D eigenvalue weighted by Crippen LogP contribution is 2.28. The number of nitrogens with one attached hydrogen (secondary N) is 2. The molecule has 3 heterocycles. The van der Waals surface area contributed by atoms with Crippen molar-refractivity contribution in [3.8, 4) is 11.5 Å². The third-order valence-corrected chi connectivity index (χ3v) is 6.28. The van der Waals surface area contributed by atoms with Gasteiger partial charge in [-0.2, -0.15) is 0 Å². The molecule has 5 rings (SSSR count). The van der Waals surface area contributed by atoms with E-state index in [2.05, 4.69) is 44.8 Å². The summed E-state index contributed by atoms with van der Waals surface area (Å²) in [5.41, 5.74) is 4.38. The van der Waals surface area contributed by atoms with Crippen LogP contribution in [0.3, 0.4) is 0 Å². The van der Waals surface area contributed by atoms with E-state index >= 15 is 0 Å². The summed E-state index contributed by atoms with van der Waals surface area (Å²) in [6, 6.07) is 17.6. The fourth-order valence-corrected chi connectivity index (χ4v) is 4.26. The second kappa shape index (κ2) is 10.8. The highest BCUT2D eigenvalue weighted by atomic mass is 16.5. The van der Waals surface area contributed by atoms with Crippen LogP contribution in [0.5, 0.6) is 11.5 Å². The topological polar surface area (TPSA) is 93.5 Å². The lowest BCUT2D eigenvalue weighted by molar-refractivity contribution is 0.0384. The molecule has 1 fully saturated rings. The molecule has 36 heavy (non-hydrogen) atoms. The second-order valence-electron chi connectivity index (χ2n) is 8.73. The van der Waals surface area contributed by atoms with Crippen LogP contribution < -0.4 is 15.4 Å². The summed E-state index contributed by atoms with van der Waals surface area (Å²) in [5.74, 6) is 1.65. The van der Waals surface area contributed by atoms with Gasteiger partial charge < -0.3 is 24.7 Å². The van der Waals surface area contributed by atoms with E-state index in [1.54, 1.807) is 25.4 Å². The lowest BCUT2D eigenvalue weighted by Crippen LogP contribution is -2.37. The van der Waals surface area contributed by atoms with Gasteiger partial charge in [-0.15, -0.1) is 0 Å². The van der Waals surface area contributed by atoms with E-state index in [0.717, 1.165) is 61.9 Å².